The summed E-state index contributed by atoms with van der Waals surface area (Å²) in [4.78, 5) is 15.9. The Morgan fingerprint density at radius 1 is 1.31 bits per heavy atom. The molecule has 0 atom stereocenters. The van der Waals surface area contributed by atoms with E-state index in [0.29, 0.717) is 6.54 Å². The fourth-order valence-corrected chi connectivity index (χ4v) is 2.25. The molecule has 4 nitrogen and oxygen atoms in total. The lowest BCUT2D eigenvalue weighted by atomic mass is 10.1. The average molecular weight is 226 g/mol. The van der Waals surface area contributed by atoms with Crippen molar-refractivity contribution < 1.29 is 9.90 Å². The molecule has 2 fully saturated rings. The molecule has 92 valence electrons. The van der Waals surface area contributed by atoms with Crippen LogP contribution in [-0.4, -0.2) is 60.1 Å². The molecule has 1 aliphatic heterocycles. The summed E-state index contributed by atoms with van der Waals surface area (Å²) in [6.07, 6.45) is 3.92. The summed E-state index contributed by atoms with van der Waals surface area (Å²) in [5, 5.41) is 9.37. The van der Waals surface area contributed by atoms with Crippen LogP contribution in [0, 0.1) is 5.92 Å². The molecule has 0 aromatic heterocycles. The molecule has 1 saturated carbocycles. The maximum absolute atomic E-state index is 11.9. The van der Waals surface area contributed by atoms with Gasteiger partial charge in [-0.15, -0.1) is 0 Å². The number of hydrogen-bond acceptors (Lipinski definition) is 3. The molecule has 1 saturated heterocycles. The van der Waals surface area contributed by atoms with Gasteiger partial charge in [-0.1, -0.05) is 0 Å². The fourth-order valence-electron chi connectivity index (χ4n) is 2.25. The Balaban J connectivity index is 1.69. The standard InChI is InChI=1S/C12H22N2O2/c1-13(8-10-2-3-10)9-12(16)14-6-4-11(15)5-7-14/h10-11,15H,2-9H2,1H3. The second kappa shape index (κ2) is 5.15. The Labute approximate surface area is 97.2 Å². The number of aliphatic hydroxyl groups is 1. The van der Waals surface area contributed by atoms with Crippen molar-refractivity contribution in [3.63, 3.8) is 0 Å². The molecule has 0 unspecified atom stereocenters. The SMILES string of the molecule is CN(CC(=O)N1CCC(O)CC1)CC1CC1. The summed E-state index contributed by atoms with van der Waals surface area (Å²) in [6, 6.07) is 0. The van der Waals surface area contributed by atoms with Gasteiger partial charge in [0.1, 0.15) is 0 Å². The molecule has 1 amide bonds. The van der Waals surface area contributed by atoms with E-state index in [4.69, 9.17) is 0 Å². The van der Waals surface area contributed by atoms with E-state index in [1.807, 2.05) is 11.9 Å². The van der Waals surface area contributed by atoms with Crippen LogP contribution in [0.2, 0.25) is 0 Å². The first-order valence-corrected chi connectivity index (χ1v) is 6.29. The van der Waals surface area contributed by atoms with E-state index in [2.05, 4.69) is 4.90 Å². The summed E-state index contributed by atoms with van der Waals surface area (Å²) in [5.41, 5.74) is 0. The number of rotatable bonds is 4. The van der Waals surface area contributed by atoms with Crippen LogP contribution in [0.25, 0.3) is 0 Å². The van der Waals surface area contributed by atoms with Gasteiger partial charge in [0.2, 0.25) is 5.91 Å². The lowest BCUT2D eigenvalue weighted by Crippen LogP contribution is -2.44. The molecular formula is C12H22N2O2. The summed E-state index contributed by atoms with van der Waals surface area (Å²) in [7, 11) is 2.02. The van der Waals surface area contributed by atoms with Crippen LogP contribution in [0.4, 0.5) is 0 Å². The van der Waals surface area contributed by atoms with E-state index >= 15 is 0 Å². The highest BCUT2D eigenvalue weighted by Crippen LogP contribution is 2.29. The van der Waals surface area contributed by atoms with E-state index in [9.17, 15) is 9.90 Å². The van der Waals surface area contributed by atoms with Crippen molar-refractivity contribution in [1.82, 2.24) is 9.80 Å². The first-order chi connectivity index (χ1) is 7.65. The third-order valence-corrected chi connectivity index (χ3v) is 3.49. The van der Waals surface area contributed by atoms with E-state index in [-0.39, 0.29) is 12.0 Å². The molecule has 2 rings (SSSR count). The molecule has 0 aromatic carbocycles. The van der Waals surface area contributed by atoms with Crippen molar-refractivity contribution >= 4 is 5.91 Å². The highest BCUT2D eigenvalue weighted by atomic mass is 16.3. The number of carbonyl (C=O) groups is 1. The molecule has 0 radical (unpaired) electrons. The lowest BCUT2D eigenvalue weighted by molar-refractivity contribution is -0.134. The summed E-state index contributed by atoms with van der Waals surface area (Å²) >= 11 is 0. The van der Waals surface area contributed by atoms with Crippen molar-refractivity contribution in [1.29, 1.82) is 0 Å². The van der Waals surface area contributed by atoms with Crippen molar-refractivity contribution in [3.05, 3.63) is 0 Å². The van der Waals surface area contributed by atoms with E-state index < -0.39 is 0 Å². The van der Waals surface area contributed by atoms with Crippen molar-refractivity contribution in [3.8, 4) is 0 Å². The van der Waals surface area contributed by atoms with Gasteiger partial charge in [0.25, 0.3) is 0 Å². The predicted octanol–water partition coefficient (Wildman–Crippen LogP) is 0.311. The first-order valence-electron chi connectivity index (χ1n) is 6.29. The summed E-state index contributed by atoms with van der Waals surface area (Å²) in [6.45, 7) is 3.03. The molecule has 2 aliphatic rings. The number of likely N-dealkylation sites (tertiary alicyclic amines) is 1. The van der Waals surface area contributed by atoms with Crippen LogP contribution in [0.1, 0.15) is 25.7 Å². The van der Waals surface area contributed by atoms with Gasteiger partial charge in [-0.25, -0.2) is 0 Å². The Morgan fingerprint density at radius 2 is 1.94 bits per heavy atom. The smallest absolute Gasteiger partial charge is 0.236 e. The maximum Gasteiger partial charge on any atom is 0.236 e. The predicted molar refractivity (Wildman–Crippen MR) is 62.0 cm³/mol. The van der Waals surface area contributed by atoms with Gasteiger partial charge in [0.15, 0.2) is 0 Å². The Morgan fingerprint density at radius 3 is 2.50 bits per heavy atom. The number of amides is 1. The molecule has 0 bridgehead atoms. The molecule has 16 heavy (non-hydrogen) atoms. The monoisotopic (exact) mass is 226 g/mol. The second-order valence-corrected chi connectivity index (χ2v) is 5.25. The van der Waals surface area contributed by atoms with Crippen molar-refractivity contribution in [2.24, 2.45) is 5.92 Å². The molecule has 1 heterocycles. The van der Waals surface area contributed by atoms with E-state index in [1.165, 1.54) is 12.8 Å². The highest BCUT2D eigenvalue weighted by Gasteiger charge is 2.25. The topological polar surface area (TPSA) is 43.8 Å². The largest absolute Gasteiger partial charge is 0.393 e. The van der Waals surface area contributed by atoms with Gasteiger partial charge in [-0.3, -0.25) is 9.69 Å². The van der Waals surface area contributed by atoms with Gasteiger partial charge in [-0.05, 0) is 38.6 Å². The number of hydrogen-bond donors (Lipinski definition) is 1. The van der Waals surface area contributed by atoms with Gasteiger partial charge in [-0.2, -0.15) is 0 Å². The average Bonchev–Trinajstić information content (AvgIpc) is 3.02. The van der Waals surface area contributed by atoms with Gasteiger partial charge >= 0.3 is 0 Å². The zero-order valence-electron chi connectivity index (χ0n) is 10.1. The van der Waals surface area contributed by atoms with Crippen molar-refractivity contribution in [2.45, 2.75) is 31.8 Å². The normalized spacial score (nSPS) is 22.8. The van der Waals surface area contributed by atoms with Crippen molar-refractivity contribution in [2.75, 3.05) is 33.2 Å². The van der Waals surface area contributed by atoms with Crippen LogP contribution in [0.5, 0.6) is 0 Å². The minimum atomic E-state index is -0.201. The quantitative estimate of drug-likeness (QED) is 0.750. The van der Waals surface area contributed by atoms with Crippen LogP contribution in [0.15, 0.2) is 0 Å². The van der Waals surface area contributed by atoms with Crippen LogP contribution >= 0.6 is 0 Å². The third-order valence-electron chi connectivity index (χ3n) is 3.49. The van der Waals surface area contributed by atoms with Gasteiger partial charge in [0.05, 0.1) is 12.6 Å². The zero-order valence-corrected chi connectivity index (χ0v) is 10.1. The van der Waals surface area contributed by atoms with Gasteiger partial charge < -0.3 is 10.0 Å². The molecule has 0 spiro atoms. The van der Waals surface area contributed by atoms with Crippen LogP contribution in [0.3, 0.4) is 0 Å². The van der Waals surface area contributed by atoms with Crippen LogP contribution < -0.4 is 0 Å². The second-order valence-electron chi connectivity index (χ2n) is 5.25. The van der Waals surface area contributed by atoms with Gasteiger partial charge in [0, 0.05) is 19.6 Å². The van der Waals surface area contributed by atoms with Crippen LogP contribution in [-0.2, 0) is 4.79 Å². The Kier molecular flexibility index (Phi) is 3.82. The zero-order chi connectivity index (χ0) is 11.5. The molecular weight excluding hydrogens is 204 g/mol. The molecule has 4 heteroatoms. The number of likely N-dealkylation sites (N-methyl/N-ethyl adjacent to an activating group) is 1. The lowest BCUT2D eigenvalue weighted by Gasteiger charge is -2.31. The number of carbonyl (C=O) groups excluding carboxylic acids is 1. The molecule has 1 aliphatic carbocycles. The summed E-state index contributed by atoms with van der Waals surface area (Å²) in [5.74, 6) is 1.05. The summed E-state index contributed by atoms with van der Waals surface area (Å²) < 4.78 is 0. The first kappa shape index (κ1) is 11.9. The molecule has 1 N–H and O–H groups in total. The third kappa shape index (κ3) is 3.46. The number of aliphatic hydroxyl groups excluding tert-OH is 1. The number of piperidine rings is 1. The highest BCUT2D eigenvalue weighted by molar-refractivity contribution is 5.78. The fraction of sp³-hybridized carbons (Fsp3) is 0.917. The Hall–Kier alpha value is -0.610. The van der Waals surface area contributed by atoms with E-state index in [1.54, 1.807) is 0 Å². The molecule has 0 aromatic rings. The minimum Gasteiger partial charge on any atom is -0.393 e. The number of nitrogens with zero attached hydrogens (tertiary/aromatic N) is 2. The van der Waals surface area contributed by atoms with E-state index in [0.717, 1.165) is 38.4 Å². The Bertz CT molecular complexity index is 245. The maximum atomic E-state index is 11.9. The minimum absolute atomic E-state index is 0.201.